The molecular formula is C27H21N7O4. The molecule has 5 aromatic rings. The predicted octanol–water partition coefficient (Wildman–Crippen LogP) is 2.67. The number of carbonyl (C=O) groups is 3. The van der Waals surface area contributed by atoms with Crippen molar-refractivity contribution in [2.75, 3.05) is 5.32 Å². The highest BCUT2D eigenvalue weighted by molar-refractivity contribution is 6.08. The highest BCUT2D eigenvalue weighted by atomic mass is 16.2. The van der Waals surface area contributed by atoms with Crippen molar-refractivity contribution in [3.63, 3.8) is 0 Å². The topological polar surface area (TPSA) is 141 Å². The first-order valence-corrected chi connectivity index (χ1v) is 12.0. The standard InChI is InChI=1S/C27H21N7O4/c1-15-30-24-17(27(38)34(15)21-10-12-23(35)32-26(21)37)5-4-7-19(24)31-25(36)16-9-11-22(28-13-16)33-14-29-18-6-2-3-8-20(18)33/h2-9,11,13-14,21H,10,12H2,1H3,(H,31,36)(H,32,35,37). The van der Waals surface area contributed by atoms with E-state index in [1.165, 1.54) is 10.8 Å². The van der Waals surface area contributed by atoms with Gasteiger partial charge < -0.3 is 5.32 Å². The minimum absolute atomic E-state index is 0.139. The van der Waals surface area contributed by atoms with Crippen LogP contribution in [0.2, 0.25) is 0 Å². The van der Waals surface area contributed by atoms with Crippen LogP contribution in [0.1, 0.15) is 35.1 Å². The highest BCUT2D eigenvalue weighted by Gasteiger charge is 2.30. The largest absolute Gasteiger partial charge is 0.320 e. The number of hydrogen-bond donors (Lipinski definition) is 2. The van der Waals surface area contributed by atoms with Crippen LogP contribution in [0.15, 0.2) is 71.9 Å². The van der Waals surface area contributed by atoms with Gasteiger partial charge in [0.2, 0.25) is 11.8 Å². The lowest BCUT2D eigenvalue weighted by atomic mass is 10.1. The lowest BCUT2D eigenvalue weighted by Crippen LogP contribution is -2.45. The lowest BCUT2D eigenvalue weighted by Gasteiger charge is -2.24. The monoisotopic (exact) mass is 507 g/mol. The number of hydrogen-bond acceptors (Lipinski definition) is 7. The molecule has 38 heavy (non-hydrogen) atoms. The van der Waals surface area contributed by atoms with Gasteiger partial charge in [0.1, 0.15) is 29.5 Å². The molecule has 0 saturated carbocycles. The Morgan fingerprint density at radius 1 is 1.03 bits per heavy atom. The summed E-state index contributed by atoms with van der Waals surface area (Å²) in [5.41, 5.74) is 2.30. The van der Waals surface area contributed by atoms with Gasteiger partial charge in [-0.3, -0.25) is 33.6 Å². The van der Waals surface area contributed by atoms with Crippen molar-refractivity contribution in [1.82, 2.24) is 29.4 Å². The number of rotatable bonds is 4. The van der Waals surface area contributed by atoms with Crippen LogP contribution in [-0.2, 0) is 9.59 Å². The molecule has 2 aromatic carbocycles. The second-order valence-corrected chi connectivity index (χ2v) is 8.97. The molecule has 0 spiro atoms. The summed E-state index contributed by atoms with van der Waals surface area (Å²) in [4.78, 5) is 63.7. The number of piperidine rings is 1. The molecule has 188 valence electrons. The molecule has 1 unspecified atom stereocenters. The van der Waals surface area contributed by atoms with Crippen LogP contribution < -0.4 is 16.2 Å². The highest BCUT2D eigenvalue weighted by Crippen LogP contribution is 2.24. The molecule has 0 radical (unpaired) electrons. The summed E-state index contributed by atoms with van der Waals surface area (Å²) in [6.45, 7) is 1.62. The maximum atomic E-state index is 13.4. The fourth-order valence-corrected chi connectivity index (χ4v) is 4.72. The van der Waals surface area contributed by atoms with E-state index in [-0.39, 0.29) is 24.1 Å². The number of aromatic nitrogens is 5. The first kappa shape index (κ1) is 23.2. The number of nitrogens with zero attached hydrogens (tertiary/aromatic N) is 5. The van der Waals surface area contributed by atoms with Crippen LogP contribution in [0, 0.1) is 6.92 Å². The number of pyridine rings is 1. The number of nitrogens with one attached hydrogen (secondary N) is 2. The molecule has 1 fully saturated rings. The average Bonchev–Trinajstić information content (AvgIpc) is 3.35. The van der Waals surface area contributed by atoms with Crippen molar-refractivity contribution >= 4 is 45.3 Å². The van der Waals surface area contributed by atoms with Crippen LogP contribution in [-0.4, -0.2) is 41.8 Å². The maximum absolute atomic E-state index is 13.4. The molecule has 4 heterocycles. The van der Waals surface area contributed by atoms with Crippen molar-refractivity contribution < 1.29 is 14.4 Å². The number of fused-ring (bicyclic) bond motifs is 2. The molecular weight excluding hydrogens is 486 g/mol. The van der Waals surface area contributed by atoms with Gasteiger partial charge in [0.15, 0.2) is 0 Å². The Hall–Kier alpha value is -5.19. The first-order chi connectivity index (χ1) is 18.4. The van der Waals surface area contributed by atoms with Crippen molar-refractivity contribution in [3.8, 4) is 5.82 Å². The van der Waals surface area contributed by atoms with E-state index in [1.807, 2.05) is 28.8 Å². The lowest BCUT2D eigenvalue weighted by molar-refractivity contribution is -0.135. The van der Waals surface area contributed by atoms with Gasteiger partial charge in [-0.05, 0) is 49.7 Å². The van der Waals surface area contributed by atoms with E-state index in [4.69, 9.17) is 0 Å². The van der Waals surface area contributed by atoms with Crippen LogP contribution >= 0.6 is 0 Å². The molecule has 1 aliphatic heterocycles. The summed E-state index contributed by atoms with van der Waals surface area (Å²) in [5.74, 6) is -0.391. The third-order valence-corrected chi connectivity index (χ3v) is 6.59. The van der Waals surface area contributed by atoms with Gasteiger partial charge in [0.25, 0.3) is 11.5 Å². The minimum atomic E-state index is -0.826. The zero-order chi connectivity index (χ0) is 26.4. The van der Waals surface area contributed by atoms with Gasteiger partial charge in [0, 0.05) is 12.6 Å². The zero-order valence-corrected chi connectivity index (χ0v) is 20.2. The van der Waals surface area contributed by atoms with E-state index in [1.54, 1.807) is 43.6 Å². The van der Waals surface area contributed by atoms with E-state index in [2.05, 4.69) is 25.6 Å². The summed E-state index contributed by atoms with van der Waals surface area (Å²) in [6, 6.07) is 15.1. The molecule has 11 heteroatoms. The average molecular weight is 508 g/mol. The number of aryl methyl sites for hydroxylation is 1. The van der Waals surface area contributed by atoms with Crippen molar-refractivity contribution in [1.29, 1.82) is 0 Å². The predicted molar refractivity (Wildman–Crippen MR) is 139 cm³/mol. The smallest absolute Gasteiger partial charge is 0.262 e. The quantitative estimate of drug-likeness (QED) is 0.356. The van der Waals surface area contributed by atoms with Gasteiger partial charge >= 0.3 is 0 Å². The Bertz CT molecular complexity index is 1820. The normalized spacial score (nSPS) is 15.6. The van der Waals surface area contributed by atoms with E-state index >= 15 is 0 Å². The molecule has 3 amide bonds. The van der Waals surface area contributed by atoms with Crippen LogP contribution in [0.5, 0.6) is 0 Å². The fourth-order valence-electron chi connectivity index (χ4n) is 4.72. The minimum Gasteiger partial charge on any atom is -0.320 e. The zero-order valence-electron chi connectivity index (χ0n) is 20.2. The van der Waals surface area contributed by atoms with Crippen LogP contribution in [0.3, 0.4) is 0 Å². The molecule has 6 rings (SSSR count). The summed E-state index contributed by atoms with van der Waals surface area (Å²) in [5, 5.41) is 5.34. The Balaban J connectivity index is 1.30. The number of amides is 3. The Kier molecular flexibility index (Phi) is 5.52. The Morgan fingerprint density at radius 3 is 2.66 bits per heavy atom. The number of carbonyl (C=O) groups excluding carboxylic acids is 3. The summed E-state index contributed by atoms with van der Waals surface area (Å²) in [6.07, 6.45) is 3.50. The van der Waals surface area contributed by atoms with Gasteiger partial charge in [-0.2, -0.15) is 0 Å². The SMILES string of the molecule is Cc1nc2c(NC(=O)c3ccc(-n4cnc5ccccc54)nc3)cccc2c(=O)n1C1CCC(=O)NC1=O. The summed E-state index contributed by atoms with van der Waals surface area (Å²) < 4.78 is 3.14. The second-order valence-electron chi connectivity index (χ2n) is 8.97. The van der Waals surface area contributed by atoms with Crippen LogP contribution in [0.4, 0.5) is 5.69 Å². The Morgan fingerprint density at radius 2 is 1.87 bits per heavy atom. The third kappa shape index (κ3) is 3.90. The van der Waals surface area contributed by atoms with E-state index in [0.29, 0.717) is 28.4 Å². The molecule has 1 aliphatic rings. The number of imidazole rings is 1. The summed E-state index contributed by atoms with van der Waals surface area (Å²) >= 11 is 0. The van der Waals surface area contributed by atoms with Gasteiger partial charge in [-0.1, -0.05) is 18.2 Å². The summed E-state index contributed by atoms with van der Waals surface area (Å²) in [7, 11) is 0. The van der Waals surface area contributed by atoms with Crippen molar-refractivity contribution in [2.45, 2.75) is 25.8 Å². The van der Waals surface area contributed by atoms with E-state index in [0.717, 1.165) is 11.0 Å². The van der Waals surface area contributed by atoms with Gasteiger partial charge in [0.05, 0.1) is 27.7 Å². The number of anilines is 1. The molecule has 3 aromatic heterocycles. The molecule has 0 aliphatic carbocycles. The maximum Gasteiger partial charge on any atom is 0.262 e. The van der Waals surface area contributed by atoms with Gasteiger partial charge in [-0.15, -0.1) is 0 Å². The molecule has 1 saturated heterocycles. The first-order valence-electron chi connectivity index (χ1n) is 12.0. The molecule has 0 bridgehead atoms. The van der Waals surface area contributed by atoms with Crippen molar-refractivity contribution in [3.05, 3.63) is 88.9 Å². The number of benzene rings is 2. The molecule has 11 nitrogen and oxygen atoms in total. The second kappa shape index (κ2) is 9.04. The molecule has 1 atom stereocenters. The van der Waals surface area contributed by atoms with Gasteiger partial charge in [-0.25, -0.2) is 15.0 Å². The van der Waals surface area contributed by atoms with E-state index < -0.39 is 23.4 Å². The molecule has 2 N–H and O–H groups in total. The van der Waals surface area contributed by atoms with E-state index in [9.17, 15) is 19.2 Å². The third-order valence-electron chi connectivity index (χ3n) is 6.59. The van der Waals surface area contributed by atoms with Crippen molar-refractivity contribution in [2.24, 2.45) is 0 Å². The number of imide groups is 1. The Labute approximate surface area is 215 Å². The fraction of sp³-hybridized carbons (Fsp3) is 0.148. The van der Waals surface area contributed by atoms with Crippen LogP contribution in [0.25, 0.3) is 27.8 Å². The number of para-hydroxylation sites is 3.